The minimum absolute atomic E-state index is 0.0385. The van der Waals surface area contributed by atoms with Crippen molar-refractivity contribution in [2.75, 3.05) is 6.54 Å². The summed E-state index contributed by atoms with van der Waals surface area (Å²) in [5.74, 6) is 0.868. The number of amides is 1. The number of hydrogen-bond acceptors (Lipinski definition) is 3. The molecule has 1 fully saturated rings. The normalized spacial score (nSPS) is 19.0. The van der Waals surface area contributed by atoms with E-state index in [9.17, 15) is 9.90 Å². The fraction of sp³-hybridized carbons (Fsp3) is 0.375. The van der Waals surface area contributed by atoms with E-state index < -0.39 is 6.23 Å². The monoisotopic (exact) mass is 285 g/mol. The van der Waals surface area contributed by atoms with Gasteiger partial charge in [0.1, 0.15) is 12.1 Å². The van der Waals surface area contributed by atoms with E-state index in [1.165, 1.54) is 0 Å². The minimum atomic E-state index is -0.636. The molecule has 3 rings (SSSR count). The molecular formula is C16H19N3O2. The molecule has 1 aromatic heterocycles. The van der Waals surface area contributed by atoms with Gasteiger partial charge in [-0.2, -0.15) is 0 Å². The van der Waals surface area contributed by atoms with Crippen LogP contribution >= 0.6 is 0 Å². The first-order chi connectivity index (χ1) is 10.2. The van der Waals surface area contributed by atoms with Crippen LogP contribution in [-0.4, -0.2) is 38.7 Å². The fourth-order valence-electron chi connectivity index (χ4n) is 2.65. The molecule has 2 N–H and O–H groups in total. The van der Waals surface area contributed by atoms with Crippen LogP contribution in [0.3, 0.4) is 0 Å². The summed E-state index contributed by atoms with van der Waals surface area (Å²) in [7, 11) is 0. The number of carbonyl (C=O) groups is 1. The summed E-state index contributed by atoms with van der Waals surface area (Å²) >= 11 is 0. The average molecular weight is 285 g/mol. The maximum absolute atomic E-state index is 11.8. The first-order valence-corrected chi connectivity index (χ1v) is 7.31. The Kier molecular flexibility index (Phi) is 4.01. The molecule has 0 saturated carbocycles. The van der Waals surface area contributed by atoms with Gasteiger partial charge in [-0.3, -0.25) is 4.79 Å². The van der Waals surface area contributed by atoms with Crippen molar-refractivity contribution in [2.45, 2.75) is 31.9 Å². The zero-order chi connectivity index (χ0) is 14.7. The Morgan fingerprint density at radius 3 is 2.90 bits per heavy atom. The van der Waals surface area contributed by atoms with Crippen LogP contribution in [-0.2, 0) is 11.2 Å². The van der Waals surface area contributed by atoms with E-state index in [2.05, 4.69) is 9.97 Å². The number of rotatable bonds is 4. The zero-order valence-electron chi connectivity index (χ0n) is 11.8. The molecule has 2 heterocycles. The van der Waals surface area contributed by atoms with Crippen molar-refractivity contribution in [2.24, 2.45) is 0 Å². The van der Waals surface area contributed by atoms with Crippen LogP contribution in [0.2, 0.25) is 0 Å². The number of nitrogens with zero attached hydrogens (tertiary/aromatic N) is 2. The van der Waals surface area contributed by atoms with Crippen molar-refractivity contribution in [3.8, 4) is 11.4 Å². The lowest BCUT2D eigenvalue weighted by Gasteiger charge is -2.31. The van der Waals surface area contributed by atoms with Gasteiger partial charge in [0, 0.05) is 36.8 Å². The number of imidazole rings is 1. The summed E-state index contributed by atoms with van der Waals surface area (Å²) < 4.78 is 0. The molecule has 2 aromatic rings. The Labute approximate surface area is 123 Å². The smallest absolute Gasteiger partial charge is 0.224 e. The van der Waals surface area contributed by atoms with Gasteiger partial charge in [-0.1, -0.05) is 30.3 Å². The summed E-state index contributed by atoms with van der Waals surface area (Å²) in [5.41, 5.74) is 2.01. The van der Waals surface area contributed by atoms with Crippen molar-refractivity contribution >= 4 is 5.91 Å². The molecule has 1 aliphatic heterocycles. The van der Waals surface area contributed by atoms with Gasteiger partial charge >= 0.3 is 0 Å². The zero-order valence-corrected chi connectivity index (χ0v) is 11.8. The average Bonchev–Trinajstić information content (AvgIpc) is 2.97. The predicted octanol–water partition coefficient (Wildman–Crippen LogP) is 1.95. The lowest BCUT2D eigenvalue weighted by atomic mass is 10.1. The number of piperidine rings is 1. The van der Waals surface area contributed by atoms with E-state index in [4.69, 9.17) is 0 Å². The Hall–Kier alpha value is -2.14. The Morgan fingerprint density at radius 2 is 2.14 bits per heavy atom. The summed E-state index contributed by atoms with van der Waals surface area (Å²) in [6.45, 7) is 0.524. The number of H-pyrrole nitrogens is 1. The molecule has 1 unspecified atom stereocenters. The van der Waals surface area contributed by atoms with Crippen LogP contribution in [0.1, 0.15) is 25.0 Å². The van der Waals surface area contributed by atoms with Crippen molar-refractivity contribution in [1.29, 1.82) is 0 Å². The lowest BCUT2D eigenvalue weighted by Crippen LogP contribution is -2.44. The molecule has 1 amide bonds. The van der Waals surface area contributed by atoms with Crippen LogP contribution in [0.15, 0.2) is 36.5 Å². The highest BCUT2D eigenvalue weighted by Crippen LogP contribution is 2.18. The van der Waals surface area contributed by atoms with Gasteiger partial charge in [0.25, 0.3) is 0 Å². The van der Waals surface area contributed by atoms with Crippen LogP contribution in [0.4, 0.5) is 0 Å². The molecule has 0 aliphatic carbocycles. The maximum atomic E-state index is 11.8. The SMILES string of the molecule is O=C1CCCC(O)N1CCc1cnc(-c2ccccc2)[nH]1. The summed E-state index contributed by atoms with van der Waals surface area (Å²) in [6, 6.07) is 9.92. The molecule has 0 spiro atoms. The van der Waals surface area contributed by atoms with Crippen LogP contribution in [0, 0.1) is 0 Å². The Bertz CT molecular complexity index is 609. The second-order valence-electron chi connectivity index (χ2n) is 5.33. The third-order valence-electron chi connectivity index (χ3n) is 3.83. The number of aliphatic hydroxyl groups is 1. The second-order valence-corrected chi connectivity index (χ2v) is 5.33. The highest BCUT2D eigenvalue weighted by molar-refractivity contribution is 5.77. The number of hydrogen-bond donors (Lipinski definition) is 2. The number of aromatic nitrogens is 2. The van der Waals surface area contributed by atoms with Gasteiger partial charge in [0.05, 0.1) is 0 Å². The number of nitrogens with one attached hydrogen (secondary N) is 1. The van der Waals surface area contributed by atoms with Gasteiger partial charge in [0.2, 0.25) is 5.91 Å². The Balaban J connectivity index is 1.64. The molecule has 5 heteroatoms. The molecule has 1 saturated heterocycles. The van der Waals surface area contributed by atoms with Gasteiger partial charge in [-0.25, -0.2) is 4.98 Å². The molecule has 5 nitrogen and oxygen atoms in total. The largest absolute Gasteiger partial charge is 0.374 e. The standard InChI is InChI=1S/C16H19N3O2/c20-14-7-4-8-15(21)19(14)10-9-13-11-17-16(18-13)12-5-2-1-3-6-12/h1-3,5-6,11,14,20H,4,7-10H2,(H,17,18). The second kappa shape index (κ2) is 6.10. The summed E-state index contributed by atoms with van der Waals surface area (Å²) in [5, 5.41) is 9.88. The topological polar surface area (TPSA) is 69.2 Å². The molecule has 1 aromatic carbocycles. The third kappa shape index (κ3) is 3.13. The maximum Gasteiger partial charge on any atom is 0.224 e. The molecule has 110 valence electrons. The quantitative estimate of drug-likeness (QED) is 0.902. The van der Waals surface area contributed by atoms with E-state index >= 15 is 0 Å². The molecular weight excluding hydrogens is 266 g/mol. The predicted molar refractivity (Wildman–Crippen MR) is 79.3 cm³/mol. The van der Waals surface area contributed by atoms with Crippen LogP contribution in [0.25, 0.3) is 11.4 Å². The number of aromatic amines is 1. The third-order valence-corrected chi connectivity index (χ3v) is 3.83. The lowest BCUT2D eigenvalue weighted by molar-refractivity contribution is -0.146. The first kappa shape index (κ1) is 13.8. The van der Waals surface area contributed by atoms with E-state index in [-0.39, 0.29) is 5.91 Å². The van der Waals surface area contributed by atoms with Crippen molar-refractivity contribution in [3.05, 3.63) is 42.2 Å². The van der Waals surface area contributed by atoms with Crippen molar-refractivity contribution in [1.82, 2.24) is 14.9 Å². The van der Waals surface area contributed by atoms with Gasteiger partial charge < -0.3 is 15.0 Å². The molecule has 1 aliphatic rings. The van der Waals surface area contributed by atoms with E-state index in [0.29, 0.717) is 25.8 Å². The van der Waals surface area contributed by atoms with E-state index in [0.717, 1.165) is 23.5 Å². The van der Waals surface area contributed by atoms with E-state index in [1.807, 2.05) is 30.3 Å². The summed E-state index contributed by atoms with van der Waals surface area (Å²) in [4.78, 5) is 21.0. The van der Waals surface area contributed by atoms with Gasteiger partial charge in [0.15, 0.2) is 0 Å². The Morgan fingerprint density at radius 1 is 1.33 bits per heavy atom. The van der Waals surface area contributed by atoms with Gasteiger partial charge in [-0.15, -0.1) is 0 Å². The molecule has 1 atom stereocenters. The highest BCUT2D eigenvalue weighted by atomic mass is 16.3. The first-order valence-electron chi connectivity index (χ1n) is 7.31. The summed E-state index contributed by atoms with van der Waals surface area (Å²) in [6.07, 6.45) is 3.81. The minimum Gasteiger partial charge on any atom is -0.374 e. The number of benzene rings is 1. The number of aliphatic hydroxyl groups excluding tert-OH is 1. The number of likely N-dealkylation sites (tertiary alicyclic amines) is 1. The fourth-order valence-corrected chi connectivity index (χ4v) is 2.65. The highest BCUT2D eigenvalue weighted by Gasteiger charge is 2.25. The van der Waals surface area contributed by atoms with Crippen LogP contribution in [0.5, 0.6) is 0 Å². The van der Waals surface area contributed by atoms with Crippen molar-refractivity contribution < 1.29 is 9.90 Å². The van der Waals surface area contributed by atoms with Crippen molar-refractivity contribution in [3.63, 3.8) is 0 Å². The molecule has 0 bridgehead atoms. The van der Waals surface area contributed by atoms with E-state index in [1.54, 1.807) is 11.1 Å². The number of carbonyl (C=O) groups excluding carboxylic acids is 1. The van der Waals surface area contributed by atoms with Gasteiger partial charge in [-0.05, 0) is 12.8 Å². The molecule has 0 radical (unpaired) electrons. The molecule has 21 heavy (non-hydrogen) atoms. The van der Waals surface area contributed by atoms with Crippen LogP contribution < -0.4 is 0 Å².